The fourth-order valence-electron chi connectivity index (χ4n) is 2.50. The standard InChI is InChI=1S/C15H20FN3O/c1-15(2,3)13-12(17)14(20)19(18(13)4)9-10-5-7-11(16)8-6-10/h5-8H,9,17H2,1-4H3. The molecular weight excluding hydrogens is 257 g/mol. The molecule has 1 aromatic carbocycles. The quantitative estimate of drug-likeness (QED) is 0.915. The summed E-state index contributed by atoms with van der Waals surface area (Å²) in [5.41, 5.74) is 7.48. The van der Waals surface area contributed by atoms with Crippen molar-refractivity contribution in [3.8, 4) is 0 Å². The molecule has 0 saturated carbocycles. The lowest BCUT2D eigenvalue weighted by Gasteiger charge is -2.21. The summed E-state index contributed by atoms with van der Waals surface area (Å²) in [5.74, 6) is -0.289. The molecule has 5 heteroatoms. The van der Waals surface area contributed by atoms with Crippen molar-refractivity contribution in [1.29, 1.82) is 0 Å². The van der Waals surface area contributed by atoms with Crippen LogP contribution in [0.2, 0.25) is 0 Å². The monoisotopic (exact) mass is 277 g/mol. The molecule has 0 radical (unpaired) electrons. The largest absolute Gasteiger partial charge is 0.393 e. The van der Waals surface area contributed by atoms with Gasteiger partial charge >= 0.3 is 0 Å². The molecule has 1 aromatic heterocycles. The van der Waals surface area contributed by atoms with Crippen molar-refractivity contribution in [2.45, 2.75) is 32.7 Å². The Hall–Kier alpha value is -2.04. The van der Waals surface area contributed by atoms with E-state index >= 15 is 0 Å². The third-order valence-electron chi connectivity index (χ3n) is 3.36. The Balaban J connectivity index is 2.48. The highest BCUT2D eigenvalue weighted by molar-refractivity contribution is 5.45. The average Bonchev–Trinajstić information content (AvgIpc) is 2.55. The number of halogens is 1. The second-order valence-electron chi connectivity index (χ2n) is 6.03. The lowest BCUT2D eigenvalue weighted by atomic mass is 9.91. The minimum atomic E-state index is -0.289. The third kappa shape index (κ3) is 2.48. The molecule has 1 heterocycles. The van der Waals surface area contributed by atoms with Crippen LogP contribution in [-0.2, 0) is 19.0 Å². The van der Waals surface area contributed by atoms with E-state index in [0.717, 1.165) is 11.3 Å². The van der Waals surface area contributed by atoms with Crippen molar-refractivity contribution in [1.82, 2.24) is 9.36 Å². The van der Waals surface area contributed by atoms with E-state index in [1.165, 1.54) is 12.1 Å². The summed E-state index contributed by atoms with van der Waals surface area (Å²) < 4.78 is 16.3. The number of aromatic nitrogens is 2. The Morgan fingerprint density at radius 2 is 1.75 bits per heavy atom. The van der Waals surface area contributed by atoms with E-state index < -0.39 is 0 Å². The number of benzene rings is 1. The van der Waals surface area contributed by atoms with Crippen LogP contribution in [0.25, 0.3) is 0 Å². The molecule has 2 N–H and O–H groups in total. The third-order valence-corrected chi connectivity index (χ3v) is 3.36. The normalized spacial score (nSPS) is 11.8. The van der Waals surface area contributed by atoms with Gasteiger partial charge in [0.2, 0.25) is 0 Å². The van der Waals surface area contributed by atoms with E-state index in [-0.39, 0.29) is 22.5 Å². The van der Waals surface area contributed by atoms with Gasteiger partial charge in [0.25, 0.3) is 5.56 Å². The molecule has 0 aliphatic carbocycles. The zero-order valence-electron chi connectivity index (χ0n) is 12.3. The molecule has 108 valence electrons. The number of nitrogen functional groups attached to an aromatic ring is 1. The first kappa shape index (κ1) is 14.4. The Bertz CT molecular complexity index is 675. The van der Waals surface area contributed by atoms with E-state index in [1.54, 1.807) is 21.5 Å². The van der Waals surface area contributed by atoms with Gasteiger partial charge in [-0.05, 0) is 17.7 Å². The van der Waals surface area contributed by atoms with Crippen LogP contribution in [-0.4, -0.2) is 9.36 Å². The number of nitrogens with zero attached hydrogens (tertiary/aromatic N) is 2. The average molecular weight is 277 g/mol. The van der Waals surface area contributed by atoms with Crippen LogP contribution in [0.15, 0.2) is 29.1 Å². The first-order chi connectivity index (χ1) is 9.21. The van der Waals surface area contributed by atoms with Crippen LogP contribution >= 0.6 is 0 Å². The SMILES string of the molecule is Cn1c(C(C)(C)C)c(N)c(=O)n1Cc1ccc(F)cc1. The van der Waals surface area contributed by atoms with Gasteiger partial charge in [-0.1, -0.05) is 32.9 Å². The van der Waals surface area contributed by atoms with Crippen LogP contribution in [0.4, 0.5) is 10.1 Å². The van der Waals surface area contributed by atoms with Crippen molar-refractivity contribution >= 4 is 5.69 Å². The number of rotatable bonds is 2. The molecule has 4 nitrogen and oxygen atoms in total. The van der Waals surface area contributed by atoms with Gasteiger partial charge in [-0.25, -0.2) is 9.07 Å². The predicted molar refractivity (Wildman–Crippen MR) is 78.3 cm³/mol. The maximum absolute atomic E-state index is 12.9. The van der Waals surface area contributed by atoms with Crippen LogP contribution in [0.1, 0.15) is 32.0 Å². The highest BCUT2D eigenvalue weighted by Crippen LogP contribution is 2.25. The van der Waals surface area contributed by atoms with Crippen molar-refractivity contribution in [3.63, 3.8) is 0 Å². The van der Waals surface area contributed by atoms with E-state index in [0.29, 0.717) is 6.54 Å². The predicted octanol–water partition coefficient (Wildman–Crippen LogP) is 2.25. The lowest BCUT2D eigenvalue weighted by molar-refractivity contribution is 0.461. The summed E-state index contributed by atoms with van der Waals surface area (Å²) in [4.78, 5) is 12.3. The van der Waals surface area contributed by atoms with Crippen molar-refractivity contribution in [3.05, 3.63) is 51.7 Å². The molecule has 2 rings (SSSR count). The highest BCUT2D eigenvalue weighted by atomic mass is 19.1. The number of hydrogen-bond donors (Lipinski definition) is 1. The minimum Gasteiger partial charge on any atom is -0.393 e. The fraction of sp³-hybridized carbons (Fsp3) is 0.400. The van der Waals surface area contributed by atoms with Gasteiger partial charge < -0.3 is 5.73 Å². The lowest BCUT2D eigenvalue weighted by Crippen LogP contribution is -2.24. The second kappa shape index (κ2) is 4.81. The van der Waals surface area contributed by atoms with E-state index in [4.69, 9.17) is 5.73 Å². The maximum Gasteiger partial charge on any atom is 0.290 e. The molecule has 20 heavy (non-hydrogen) atoms. The van der Waals surface area contributed by atoms with Crippen LogP contribution in [0.3, 0.4) is 0 Å². The van der Waals surface area contributed by atoms with Crippen molar-refractivity contribution in [2.24, 2.45) is 7.05 Å². The molecule has 0 spiro atoms. The van der Waals surface area contributed by atoms with Gasteiger partial charge in [0, 0.05) is 12.5 Å². The number of anilines is 1. The van der Waals surface area contributed by atoms with Crippen molar-refractivity contribution in [2.75, 3.05) is 5.73 Å². The van der Waals surface area contributed by atoms with Gasteiger partial charge in [-0.2, -0.15) is 0 Å². The second-order valence-corrected chi connectivity index (χ2v) is 6.03. The molecule has 2 aromatic rings. The summed E-state index contributed by atoms with van der Waals surface area (Å²) in [6, 6.07) is 6.11. The summed E-state index contributed by atoms with van der Waals surface area (Å²) in [6.07, 6.45) is 0. The van der Waals surface area contributed by atoms with Crippen LogP contribution in [0, 0.1) is 5.82 Å². The van der Waals surface area contributed by atoms with E-state index in [1.807, 2.05) is 27.8 Å². The fourth-order valence-corrected chi connectivity index (χ4v) is 2.50. The maximum atomic E-state index is 12.9. The number of nitrogens with two attached hydrogens (primary N) is 1. The molecule has 0 unspecified atom stereocenters. The molecule has 0 atom stereocenters. The first-order valence-electron chi connectivity index (χ1n) is 6.52. The van der Waals surface area contributed by atoms with Crippen LogP contribution < -0.4 is 11.3 Å². The summed E-state index contributed by atoms with van der Waals surface area (Å²) in [6.45, 7) is 6.41. The van der Waals surface area contributed by atoms with Gasteiger partial charge in [0.05, 0.1) is 12.2 Å². The summed E-state index contributed by atoms with van der Waals surface area (Å²) in [5, 5.41) is 0. The molecule has 0 aliphatic heterocycles. The summed E-state index contributed by atoms with van der Waals surface area (Å²) in [7, 11) is 1.82. The number of hydrogen-bond acceptors (Lipinski definition) is 2. The van der Waals surface area contributed by atoms with E-state index in [9.17, 15) is 9.18 Å². The Morgan fingerprint density at radius 3 is 2.20 bits per heavy atom. The van der Waals surface area contributed by atoms with E-state index in [2.05, 4.69) is 0 Å². The van der Waals surface area contributed by atoms with Crippen molar-refractivity contribution < 1.29 is 4.39 Å². The van der Waals surface area contributed by atoms with Gasteiger partial charge in [0.15, 0.2) is 0 Å². The Morgan fingerprint density at radius 1 is 1.20 bits per heavy atom. The smallest absolute Gasteiger partial charge is 0.290 e. The highest BCUT2D eigenvalue weighted by Gasteiger charge is 2.25. The Labute approximate surface area is 117 Å². The van der Waals surface area contributed by atoms with Crippen LogP contribution in [0.5, 0.6) is 0 Å². The minimum absolute atomic E-state index is 0.207. The van der Waals surface area contributed by atoms with Gasteiger partial charge in [-0.15, -0.1) is 0 Å². The molecule has 0 bridgehead atoms. The Kier molecular flexibility index (Phi) is 3.46. The first-order valence-corrected chi connectivity index (χ1v) is 6.52. The topological polar surface area (TPSA) is 52.9 Å². The summed E-state index contributed by atoms with van der Waals surface area (Å²) >= 11 is 0. The van der Waals surface area contributed by atoms with Gasteiger partial charge in [0.1, 0.15) is 11.5 Å². The molecule has 0 aliphatic rings. The zero-order valence-corrected chi connectivity index (χ0v) is 12.3. The molecule has 0 amide bonds. The molecular formula is C15H20FN3O. The zero-order chi connectivity index (χ0) is 15.1. The molecule has 0 saturated heterocycles. The van der Waals surface area contributed by atoms with Gasteiger partial charge in [-0.3, -0.25) is 9.48 Å². The molecule has 0 fully saturated rings.